The van der Waals surface area contributed by atoms with Gasteiger partial charge in [-0.3, -0.25) is 24.5 Å². The Hall–Kier alpha value is -4.73. The smallest absolute Gasteiger partial charge is 0.273 e. The van der Waals surface area contributed by atoms with Gasteiger partial charge in [0.25, 0.3) is 17.5 Å². The largest absolute Gasteiger partial charge is 0.350 e. The molecule has 40 heavy (non-hydrogen) atoms. The van der Waals surface area contributed by atoms with E-state index in [1.807, 2.05) is 65.6 Å². The van der Waals surface area contributed by atoms with Gasteiger partial charge in [0.2, 0.25) is 5.91 Å². The number of benzene rings is 3. The maximum Gasteiger partial charge on any atom is 0.273 e. The molecule has 2 aliphatic rings. The third-order valence-corrected chi connectivity index (χ3v) is 7.78. The van der Waals surface area contributed by atoms with Crippen LogP contribution in [0.5, 0.6) is 0 Å². The lowest BCUT2D eigenvalue weighted by atomic mass is 9.85. The molecule has 1 spiro atoms. The summed E-state index contributed by atoms with van der Waals surface area (Å²) in [5.41, 5.74) is 1.60. The van der Waals surface area contributed by atoms with Gasteiger partial charge >= 0.3 is 0 Å². The molecule has 3 aromatic rings. The number of nitrogens with zero attached hydrogens (tertiary/aromatic N) is 4. The highest BCUT2D eigenvalue weighted by Crippen LogP contribution is 2.39. The molecule has 3 aromatic carbocycles. The van der Waals surface area contributed by atoms with E-state index in [9.17, 15) is 24.5 Å². The van der Waals surface area contributed by atoms with E-state index in [2.05, 4.69) is 5.32 Å². The summed E-state index contributed by atoms with van der Waals surface area (Å²) in [6.45, 7) is 2.83. The molecule has 0 atom stereocenters. The normalized spacial score (nSPS) is 16.3. The molecule has 0 unspecified atom stereocenters. The van der Waals surface area contributed by atoms with E-state index in [0.29, 0.717) is 38.0 Å². The summed E-state index contributed by atoms with van der Waals surface area (Å²) in [4.78, 5) is 56.1. The number of anilines is 1. The summed E-state index contributed by atoms with van der Waals surface area (Å²) >= 11 is 0. The molecule has 3 amide bonds. The minimum Gasteiger partial charge on any atom is -0.350 e. The highest BCUT2D eigenvalue weighted by atomic mass is 16.6. The van der Waals surface area contributed by atoms with Gasteiger partial charge in [0.15, 0.2) is 0 Å². The Morgan fingerprint density at radius 2 is 1.62 bits per heavy atom. The number of amides is 3. The van der Waals surface area contributed by atoms with E-state index >= 15 is 0 Å². The zero-order valence-electron chi connectivity index (χ0n) is 22.3. The van der Waals surface area contributed by atoms with Gasteiger partial charge in [0.05, 0.1) is 11.6 Å². The van der Waals surface area contributed by atoms with Crippen LogP contribution in [0.1, 0.15) is 34.3 Å². The summed E-state index contributed by atoms with van der Waals surface area (Å²) in [6.07, 6.45) is 0.755. The number of rotatable bonds is 7. The van der Waals surface area contributed by atoms with Crippen LogP contribution in [-0.2, 0) is 16.1 Å². The Morgan fingerprint density at radius 1 is 0.975 bits per heavy atom. The lowest BCUT2D eigenvalue weighted by molar-refractivity contribution is -0.385. The lowest BCUT2D eigenvalue weighted by Crippen LogP contribution is -2.57. The summed E-state index contributed by atoms with van der Waals surface area (Å²) in [5.74, 6) is -0.674. The van der Waals surface area contributed by atoms with Crippen LogP contribution in [0.25, 0.3) is 0 Å². The van der Waals surface area contributed by atoms with Gasteiger partial charge in [-0.2, -0.15) is 0 Å². The molecule has 10 nitrogen and oxygen atoms in total. The second-order valence-electron chi connectivity index (χ2n) is 10.3. The molecule has 2 aliphatic heterocycles. The fourth-order valence-corrected chi connectivity index (χ4v) is 5.55. The number of nitrogens with one attached hydrogen (secondary N) is 1. The summed E-state index contributed by atoms with van der Waals surface area (Å²) in [5, 5.41) is 14.3. The summed E-state index contributed by atoms with van der Waals surface area (Å²) < 4.78 is 0. The minimum absolute atomic E-state index is 0.0631. The minimum atomic E-state index is -0.892. The van der Waals surface area contributed by atoms with Gasteiger partial charge in [-0.25, -0.2) is 0 Å². The standard InChI is InChI=1S/C30H31N5O5/c1-22-12-13-24(18-26(22)35(39)40)28(37)32-16-14-30(15-17-32)29(38)33(21-34(30)25-10-6-3-7-11-25)20-27(36)31-19-23-8-4-2-5-9-23/h2-13,18H,14-17,19-21H2,1H3,(H,31,36). The predicted octanol–water partition coefficient (Wildman–Crippen LogP) is 3.50. The first-order chi connectivity index (χ1) is 19.3. The third-order valence-electron chi connectivity index (χ3n) is 7.78. The third kappa shape index (κ3) is 5.25. The van der Waals surface area contributed by atoms with Crippen LogP contribution < -0.4 is 10.2 Å². The van der Waals surface area contributed by atoms with Crippen molar-refractivity contribution in [2.24, 2.45) is 0 Å². The van der Waals surface area contributed by atoms with Crippen LogP contribution in [0.2, 0.25) is 0 Å². The van der Waals surface area contributed by atoms with E-state index in [1.165, 1.54) is 6.07 Å². The first-order valence-electron chi connectivity index (χ1n) is 13.3. The van der Waals surface area contributed by atoms with Gasteiger partial charge in [-0.1, -0.05) is 54.6 Å². The van der Waals surface area contributed by atoms with Crippen molar-refractivity contribution in [3.05, 3.63) is 106 Å². The molecule has 0 radical (unpaired) electrons. The molecule has 2 heterocycles. The molecule has 2 saturated heterocycles. The van der Waals surface area contributed by atoms with Crippen molar-refractivity contribution >= 4 is 29.1 Å². The second kappa shape index (κ2) is 11.2. The monoisotopic (exact) mass is 541 g/mol. The maximum absolute atomic E-state index is 13.9. The molecule has 1 N–H and O–H groups in total. The fraction of sp³-hybridized carbons (Fsp3) is 0.300. The average molecular weight is 542 g/mol. The number of carbonyl (C=O) groups excluding carboxylic acids is 3. The lowest BCUT2D eigenvalue weighted by Gasteiger charge is -2.43. The molecule has 2 fully saturated rings. The SMILES string of the molecule is Cc1ccc(C(=O)N2CCC3(CC2)C(=O)N(CC(=O)NCc2ccccc2)CN3c2ccccc2)cc1[N+](=O)[O-]. The van der Waals surface area contributed by atoms with Crippen LogP contribution in [-0.4, -0.2) is 64.3 Å². The van der Waals surface area contributed by atoms with Crippen molar-refractivity contribution in [1.82, 2.24) is 15.1 Å². The number of para-hydroxylation sites is 1. The van der Waals surface area contributed by atoms with Crippen LogP contribution in [0.15, 0.2) is 78.9 Å². The first-order valence-corrected chi connectivity index (χ1v) is 13.3. The number of piperidine rings is 1. The van der Waals surface area contributed by atoms with Crippen molar-refractivity contribution in [3.8, 4) is 0 Å². The number of carbonyl (C=O) groups is 3. The first kappa shape index (κ1) is 26.9. The number of nitro groups is 1. The molecular weight excluding hydrogens is 510 g/mol. The number of aryl methyl sites for hydroxylation is 1. The number of hydrogen-bond donors (Lipinski definition) is 1. The molecule has 0 aliphatic carbocycles. The Bertz CT molecular complexity index is 1420. The van der Waals surface area contributed by atoms with E-state index in [1.54, 1.807) is 28.9 Å². The average Bonchev–Trinajstić information content (AvgIpc) is 3.23. The van der Waals surface area contributed by atoms with Crippen LogP contribution in [0.4, 0.5) is 11.4 Å². The fourth-order valence-electron chi connectivity index (χ4n) is 5.55. The molecule has 5 rings (SSSR count). The highest BCUT2D eigenvalue weighted by molar-refractivity contribution is 5.98. The molecule has 0 bridgehead atoms. The van der Waals surface area contributed by atoms with Crippen LogP contribution in [0, 0.1) is 17.0 Å². The summed E-state index contributed by atoms with van der Waals surface area (Å²) in [6, 6.07) is 23.7. The van der Waals surface area contributed by atoms with Gasteiger partial charge in [0.1, 0.15) is 12.1 Å². The number of nitro benzene ring substituents is 1. The predicted molar refractivity (Wildman–Crippen MR) is 149 cm³/mol. The zero-order valence-corrected chi connectivity index (χ0v) is 22.3. The van der Waals surface area contributed by atoms with Crippen molar-refractivity contribution in [2.75, 3.05) is 31.2 Å². The van der Waals surface area contributed by atoms with Gasteiger partial charge in [0, 0.05) is 42.5 Å². The Morgan fingerprint density at radius 3 is 2.27 bits per heavy atom. The van der Waals surface area contributed by atoms with Gasteiger partial charge in [-0.05, 0) is 43.5 Å². The molecular formula is C30H31N5O5. The molecule has 0 saturated carbocycles. The second-order valence-corrected chi connectivity index (χ2v) is 10.3. The van der Waals surface area contributed by atoms with Crippen molar-refractivity contribution in [2.45, 2.75) is 31.8 Å². The quantitative estimate of drug-likeness (QED) is 0.362. The van der Waals surface area contributed by atoms with E-state index < -0.39 is 10.5 Å². The number of hydrogen-bond acceptors (Lipinski definition) is 6. The highest BCUT2D eigenvalue weighted by Gasteiger charge is 2.54. The Kier molecular flexibility index (Phi) is 7.50. The van der Waals surface area contributed by atoms with Crippen molar-refractivity contribution in [1.29, 1.82) is 0 Å². The van der Waals surface area contributed by atoms with Crippen LogP contribution >= 0.6 is 0 Å². The topological polar surface area (TPSA) is 116 Å². The van der Waals surface area contributed by atoms with E-state index in [-0.39, 0.29) is 42.2 Å². The zero-order chi connectivity index (χ0) is 28.3. The Labute approximate surface area is 232 Å². The van der Waals surface area contributed by atoms with Crippen molar-refractivity contribution in [3.63, 3.8) is 0 Å². The molecule has 206 valence electrons. The van der Waals surface area contributed by atoms with Gasteiger partial charge < -0.3 is 20.0 Å². The van der Waals surface area contributed by atoms with Crippen molar-refractivity contribution < 1.29 is 19.3 Å². The van der Waals surface area contributed by atoms with Crippen LogP contribution in [0.3, 0.4) is 0 Å². The Balaban J connectivity index is 1.31. The van der Waals surface area contributed by atoms with E-state index in [4.69, 9.17) is 0 Å². The number of likely N-dealkylation sites (tertiary alicyclic amines) is 1. The van der Waals surface area contributed by atoms with E-state index in [0.717, 1.165) is 11.3 Å². The molecule has 10 heteroatoms. The summed E-state index contributed by atoms with van der Waals surface area (Å²) in [7, 11) is 0. The maximum atomic E-state index is 13.9. The molecule has 0 aromatic heterocycles. The van der Waals surface area contributed by atoms with Gasteiger partial charge in [-0.15, -0.1) is 0 Å².